The molecule has 2 fully saturated rings. The van der Waals surface area contributed by atoms with E-state index < -0.39 is 0 Å². The number of nitrogens with one attached hydrogen (secondary N) is 2. The number of hydrogen-bond acceptors (Lipinski definition) is 4. The van der Waals surface area contributed by atoms with E-state index in [4.69, 9.17) is 4.74 Å². The predicted octanol–water partition coefficient (Wildman–Crippen LogP) is 1.56. The highest BCUT2D eigenvalue weighted by Crippen LogP contribution is 2.34. The molecule has 2 bridgehead atoms. The van der Waals surface area contributed by atoms with Crippen LogP contribution in [0.15, 0.2) is 18.3 Å². The van der Waals surface area contributed by atoms with Crippen LogP contribution >= 0.6 is 0 Å². The topological polar surface area (TPSA) is 63.2 Å². The van der Waals surface area contributed by atoms with Crippen molar-refractivity contribution in [2.45, 2.75) is 44.4 Å². The summed E-state index contributed by atoms with van der Waals surface area (Å²) < 4.78 is 5.74. The van der Waals surface area contributed by atoms with E-state index in [1.54, 1.807) is 12.3 Å². The first-order valence-electron chi connectivity index (χ1n) is 6.92. The zero-order chi connectivity index (χ0) is 13.2. The van der Waals surface area contributed by atoms with Gasteiger partial charge in [-0.05, 0) is 38.3 Å². The smallest absolute Gasteiger partial charge is 0.270 e. The van der Waals surface area contributed by atoms with Crippen LogP contribution in [0.1, 0.15) is 36.7 Å². The summed E-state index contributed by atoms with van der Waals surface area (Å²) in [5.74, 6) is -0.110. The Kier molecular flexibility index (Phi) is 3.38. The van der Waals surface area contributed by atoms with Crippen LogP contribution in [0.3, 0.4) is 0 Å². The van der Waals surface area contributed by atoms with Crippen molar-refractivity contribution in [3.8, 4) is 0 Å². The van der Waals surface area contributed by atoms with Gasteiger partial charge in [-0.1, -0.05) is 0 Å². The second-order valence-electron chi connectivity index (χ2n) is 5.15. The first-order chi connectivity index (χ1) is 9.26. The molecule has 5 nitrogen and oxygen atoms in total. The van der Waals surface area contributed by atoms with E-state index in [1.165, 1.54) is 0 Å². The van der Waals surface area contributed by atoms with Crippen molar-refractivity contribution >= 4 is 11.6 Å². The van der Waals surface area contributed by atoms with Gasteiger partial charge < -0.3 is 15.4 Å². The lowest BCUT2D eigenvalue weighted by atomic mass is 9.95. The van der Waals surface area contributed by atoms with Gasteiger partial charge in [-0.15, -0.1) is 0 Å². The maximum atomic E-state index is 12.2. The number of ether oxygens (including phenoxy) is 1. The zero-order valence-electron chi connectivity index (χ0n) is 11.1. The van der Waals surface area contributed by atoms with Gasteiger partial charge in [-0.2, -0.15) is 0 Å². The predicted molar refractivity (Wildman–Crippen MR) is 72.2 cm³/mol. The summed E-state index contributed by atoms with van der Waals surface area (Å²) in [5, 5.41) is 6.22. The third kappa shape index (κ3) is 2.56. The third-order valence-corrected chi connectivity index (χ3v) is 3.80. The minimum absolute atomic E-state index is 0.110. The quantitative estimate of drug-likeness (QED) is 0.863. The molecular formula is C14H19N3O2. The summed E-state index contributed by atoms with van der Waals surface area (Å²) in [4.78, 5) is 16.3. The molecule has 3 unspecified atom stereocenters. The third-order valence-electron chi connectivity index (χ3n) is 3.80. The Balaban J connectivity index is 1.65. The number of nitrogens with zero attached hydrogens (tertiary/aromatic N) is 1. The monoisotopic (exact) mass is 261 g/mol. The number of amides is 1. The zero-order valence-corrected chi connectivity index (χ0v) is 11.1. The van der Waals surface area contributed by atoms with Crippen LogP contribution in [0, 0.1) is 0 Å². The highest BCUT2D eigenvalue weighted by Gasteiger charge is 2.41. The minimum atomic E-state index is -0.110. The number of rotatable bonds is 4. The van der Waals surface area contributed by atoms with Crippen molar-refractivity contribution in [3.63, 3.8) is 0 Å². The molecule has 0 spiro atoms. The van der Waals surface area contributed by atoms with Crippen LogP contribution in [0.5, 0.6) is 0 Å². The minimum Gasteiger partial charge on any atom is -0.385 e. The standard InChI is InChI=1S/C14H19N3O2/c1-2-15-9-5-6-16-12(7-9)14(18)17-11-8-10-3-4-13(11)19-10/h5-7,10-11,13H,2-4,8H2,1H3,(H,15,16)(H,17,18). The van der Waals surface area contributed by atoms with E-state index in [9.17, 15) is 4.79 Å². The average molecular weight is 261 g/mol. The Morgan fingerprint density at radius 1 is 1.53 bits per heavy atom. The second kappa shape index (κ2) is 5.17. The number of pyridine rings is 1. The van der Waals surface area contributed by atoms with Crippen LogP contribution in [0.2, 0.25) is 0 Å². The van der Waals surface area contributed by atoms with E-state index in [-0.39, 0.29) is 18.1 Å². The van der Waals surface area contributed by atoms with Crippen molar-refractivity contribution in [2.75, 3.05) is 11.9 Å². The molecule has 3 heterocycles. The van der Waals surface area contributed by atoms with Gasteiger partial charge in [0.2, 0.25) is 0 Å². The SMILES string of the molecule is CCNc1ccnc(C(=O)NC2CC3CCC2O3)c1. The van der Waals surface area contributed by atoms with Gasteiger partial charge in [-0.25, -0.2) is 0 Å². The van der Waals surface area contributed by atoms with Gasteiger partial charge in [-0.3, -0.25) is 9.78 Å². The fraction of sp³-hybridized carbons (Fsp3) is 0.571. The number of hydrogen-bond donors (Lipinski definition) is 2. The van der Waals surface area contributed by atoms with E-state index in [0.29, 0.717) is 11.8 Å². The van der Waals surface area contributed by atoms with Gasteiger partial charge >= 0.3 is 0 Å². The van der Waals surface area contributed by atoms with Crippen molar-refractivity contribution in [1.29, 1.82) is 0 Å². The Morgan fingerprint density at radius 3 is 3.11 bits per heavy atom. The number of carbonyl (C=O) groups is 1. The summed E-state index contributed by atoms with van der Waals surface area (Å²) in [6, 6.07) is 3.80. The number of anilines is 1. The molecule has 3 rings (SSSR count). The first kappa shape index (κ1) is 12.4. The summed E-state index contributed by atoms with van der Waals surface area (Å²) in [5.41, 5.74) is 1.38. The van der Waals surface area contributed by atoms with Gasteiger partial charge in [0.25, 0.3) is 5.91 Å². The van der Waals surface area contributed by atoms with Crippen LogP contribution < -0.4 is 10.6 Å². The molecule has 0 aliphatic carbocycles. The van der Waals surface area contributed by atoms with Crippen LogP contribution in [-0.2, 0) is 4.74 Å². The van der Waals surface area contributed by atoms with Gasteiger partial charge in [0.05, 0.1) is 18.2 Å². The van der Waals surface area contributed by atoms with Gasteiger partial charge in [0.1, 0.15) is 5.69 Å². The molecule has 3 atom stereocenters. The van der Waals surface area contributed by atoms with Gasteiger partial charge in [0, 0.05) is 18.4 Å². The normalized spacial score (nSPS) is 28.4. The Bertz CT molecular complexity index is 478. The van der Waals surface area contributed by atoms with E-state index >= 15 is 0 Å². The average Bonchev–Trinajstić information content (AvgIpc) is 3.02. The second-order valence-corrected chi connectivity index (χ2v) is 5.15. The van der Waals surface area contributed by atoms with Crippen molar-refractivity contribution < 1.29 is 9.53 Å². The molecule has 1 amide bonds. The molecule has 19 heavy (non-hydrogen) atoms. The molecule has 2 saturated heterocycles. The molecule has 1 aromatic rings. The van der Waals surface area contributed by atoms with Crippen LogP contribution in [-0.4, -0.2) is 35.7 Å². The Morgan fingerprint density at radius 2 is 2.42 bits per heavy atom. The van der Waals surface area contributed by atoms with Crippen LogP contribution in [0.25, 0.3) is 0 Å². The molecule has 0 aromatic carbocycles. The fourth-order valence-electron chi connectivity index (χ4n) is 2.90. The van der Waals surface area contributed by atoms with Crippen LogP contribution in [0.4, 0.5) is 5.69 Å². The molecule has 102 valence electrons. The molecule has 0 radical (unpaired) electrons. The van der Waals surface area contributed by atoms with Gasteiger partial charge in [0.15, 0.2) is 0 Å². The van der Waals surface area contributed by atoms with Crippen molar-refractivity contribution in [3.05, 3.63) is 24.0 Å². The Labute approximate surface area is 112 Å². The lowest BCUT2D eigenvalue weighted by molar-refractivity contribution is 0.0837. The molecule has 1 aromatic heterocycles. The van der Waals surface area contributed by atoms with Crippen molar-refractivity contribution in [1.82, 2.24) is 10.3 Å². The molecule has 2 aliphatic heterocycles. The molecular weight excluding hydrogens is 242 g/mol. The highest BCUT2D eigenvalue weighted by atomic mass is 16.5. The maximum Gasteiger partial charge on any atom is 0.270 e. The first-order valence-corrected chi connectivity index (χ1v) is 6.92. The molecule has 2 aliphatic rings. The van der Waals surface area contributed by atoms with E-state index in [1.807, 2.05) is 13.0 Å². The lowest BCUT2D eigenvalue weighted by Gasteiger charge is -2.19. The van der Waals surface area contributed by atoms with E-state index in [0.717, 1.165) is 31.5 Å². The van der Waals surface area contributed by atoms with Crippen molar-refractivity contribution in [2.24, 2.45) is 0 Å². The maximum absolute atomic E-state index is 12.2. The summed E-state index contributed by atoms with van der Waals surface area (Å²) in [7, 11) is 0. The molecule has 0 saturated carbocycles. The Hall–Kier alpha value is -1.62. The largest absolute Gasteiger partial charge is 0.385 e. The molecule has 2 N–H and O–H groups in total. The number of fused-ring (bicyclic) bond motifs is 2. The summed E-state index contributed by atoms with van der Waals surface area (Å²) >= 11 is 0. The summed E-state index contributed by atoms with van der Waals surface area (Å²) in [6.07, 6.45) is 5.32. The number of carbonyl (C=O) groups excluding carboxylic acids is 1. The fourth-order valence-corrected chi connectivity index (χ4v) is 2.90. The molecule has 5 heteroatoms. The highest BCUT2D eigenvalue weighted by molar-refractivity contribution is 5.93. The lowest BCUT2D eigenvalue weighted by Crippen LogP contribution is -2.41. The summed E-state index contributed by atoms with van der Waals surface area (Å²) in [6.45, 7) is 2.85. The van der Waals surface area contributed by atoms with E-state index in [2.05, 4.69) is 15.6 Å². The number of aromatic nitrogens is 1.